The highest BCUT2D eigenvalue weighted by molar-refractivity contribution is 5.34. The second-order valence-electron chi connectivity index (χ2n) is 4.31. The third-order valence-corrected chi connectivity index (χ3v) is 3.23. The standard InChI is InChI=1S/C13H19NO/c1-3-5-12-11(4-2)10-13(15-12)6-8-14-9-7-13/h3-5,14H,2,6-10H2,1H3/b5-3-. The van der Waals surface area contributed by atoms with E-state index >= 15 is 0 Å². The van der Waals surface area contributed by atoms with Crippen LogP contribution in [0.1, 0.15) is 26.2 Å². The summed E-state index contributed by atoms with van der Waals surface area (Å²) in [5, 5.41) is 3.37. The highest BCUT2D eigenvalue weighted by Crippen LogP contribution is 2.40. The molecule has 0 atom stereocenters. The fraction of sp³-hybridized carbons (Fsp3) is 0.538. The molecule has 0 saturated carbocycles. The van der Waals surface area contributed by atoms with E-state index in [1.54, 1.807) is 0 Å². The Bertz CT molecular complexity index is 308. The molecule has 1 saturated heterocycles. The molecule has 0 aromatic heterocycles. The van der Waals surface area contributed by atoms with Crippen LogP contribution in [0, 0.1) is 0 Å². The molecule has 0 aliphatic carbocycles. The van der Waals surface area contributed by atoms with E-state index in [1.165, 1.54) is 5.57 Å². The fourth-order valence-electron chi connectivity index (χ4n) is 2.40. The van der Waals surface area contributed by atoms with Crippen molar-refractivity contribution in [3.63, 3.8) is 0 Å². The molecular formula is C13H19NO. The molecule has 2 nitrogen and oxygen atoms in total. The van der Waals surface area contributed by atoms with E-state index in [0.717, 1.165) is 38.1 Å². The van der Waals surface area contributed by atoms with Gasteiger partial charge in [-0.25, -0.2) is 0 Å². The van der Waals surface area contributed by atoms with Gasteiger partial charge in [0, 0.05) is 6.42 Å². The van der Waals surface area contributed by atoms with Crippen molar-refractivity contribution in [2.24, 2.45) is 0 Å². The second kappa shape index (κ2) is 4.23. The van der Waals surface area contributed by atoms with Gasteiger partial charge in [-0.15, -0.1) is 0 Å². The maximum Gasteiger partial charge on any atom is 0.123 e. The van der Waals surface area contributed by atoms with Crippen LogP contribution in [-0.4, -0.2) is 18.7 Å². The van der Waals surface area contributed by atoms with Crippen LogP contribution in [-0.2, 0) is 4.74 Å². The molecule has 0 bridgehead atoms. The van der Waals surface area contributed by atoms with Crippen molar-refractivity contribution in [3.05, 3.63) is 36.1 Å². The van der Waals surface area contributed by atoms with Gasteiger partial charge in [0.1, 0.15) is 11.4 Å². The van der Waals surface area contributed by atoms with E-state index in [1.807, 2.05) is 25.2 Å². The molecule has 82 valence electrons. The maximum absolute atomic E-state index is 6.12. The molecular weight excluding hydrogens is 186 g/mol. The topological polar surface area (TPSA) is 21.3 Å². The van der Waals surface area contributed by atoms with E-state index in [9.17, 15) is 0 Å². The number of allylic oxidation sites excluding steroid dienone is 3. The number of piperidine rings is 1. The van der Waals surface area contributed by atoms with Crippen molar-refractivity contribution in [1.82, 2.24) is 5.32 Å². The Hall–Kier alpha value is -1.02. The summed E-state index contributed by atoms with van der Waals surface area (Å²) in [5.41, 5.74) is 1.32. The molecule has 1 N–H and O–H groups in total. The van der Waals surface area contributed by atoms with Gasteiger partial charge in [-0.2, -0.15) is 0 Å². The van der Waals surface area contributed by atoms with Gasteiger partial charge < -0.3 is 10.1 Å². The predicted molar refractivity (Wildman–Crippen MR) is 62.6 cm³/mol. The summed E-state index contributed by atoms with van der Waals surface area (Å²) in [6.45, 7) is 8.01. The van der Waals surface area contributed by atoms with Gasteiger partial charge in [-0.1, -0.05) is 18.7 Å². The first kappa shape index (κ1) is 10.5. The molecule has 15 heavy (non-hydrogen) atoms. The lowest BCUT2D eigenvalue weighted by molar-refractivity contribution is 0.00464. The SMILES string of the molecule is C=CC1=C(/C=C\C)OC2(CCNCC2)C1. The molecule has 2 aliphatic rings. The normalized spacial score (nSPS) is 24.9. The predicted octanol–water partition coefficient (Wildman–Crippen LogP) is 2.55. The largest absolute Gasteiger partial charge is 0.487 e. The molecule has 0 aromatic rings. The van der Waals surface area contributed by atoms with Crippen molar-refractivity contribution >= 4 is 0 Å². The quantitative estimate of drug-likeness (QED) is 0.748. The molecule has 1 fully saturated rings. The van der Waals surface area contributed by atoms with Crippen LogP contribution < -0.4 is 5.32 Å². The Labute approximate surface area is 91.7 Å². The minimum atomic E-state index is 0.0591. The van der Waals surface area contributed by atoms with Gasteiger partial charge in [0.05, 0.1) is 0 Å². The van der Waals surface area contributed by atoms with Gasteiger partial charge in [0.15, 0.2) is 0 Å². The molecule has 0 radical (unpaired) electrons. The number of ether oxygens (including phenoxy) is 1. The average Bonchev–Trinajstić information content (AvgIpc) is 2.58. The van der Waals surface area contributed by atoms with Crippen LogP contribution in [0.4, 0.5) is 0 Å². The minimum absolute atomic E-state index is 0.0591. The summed E-state index contributed by atoms with van der Waals surface area (Å²) < 4.78 is 6.12. The third kappa shape index (κ3) is 2.00. The summed E-state index contributed by atoms with van der Waals surface area (Å²) in [7, 11) is 0. The molecule has 0 aromatic carbocycles. The summed E-state index contributed by atoms with van der Waals surface area (Å²) >= 11 is 0. The van der Waals surface area contributed by atoms with Crippen LogP contribution in [0.15, 0.2) is 36.1 Å². The van der Waals surface area contributed by atoms with Gasteiger partial charge in [0.2, 0.25) is 0 Å². The first-order valence-corrected chi connectivity index (χ1v) is 5.68. The summed E-state index contributed by atoms with van der Waals surface area (Å²) in [4.78, 5) is 0. The van der Waals surface area contributed by atoms with Crippen LogP contribution in [0.3, 0.4) is 0 Å². The Kier molecular flexibility index (Phi) is 2.96. The first-order valence-electron chi connectivity index (χ1n) is 5.68. The zero-order chi connectivity index (χ0) is 10.7. The van der Waals surface area contributed by atoms with Crippen LogP contribution in [0.2, 0.25) is 0 Å². The van der Waals surface area contributed by atoms with Crippen LogP contribution in [0.25, 0.3) is 0 Å². The molecule has 2 heterocycles. The number of rotatable bonds is 2. The zero-order valence-electron chi connectivity index (χ0n) is 9.38. The first-order chi connectivity index (χ1) is 7.29. The molecule has 0 unspecified atom stereocenters. The van der Waals surface area contributed by atoms with Crippen LogP contribution >= 0.6 is 0 Å². The molecule has 0 amide bonds. The lowest BCUT2D eigenvalue weighted by Gasteiger charge is -2.33. The monoisotopic (exact) mass is 205 g/mol. The van der Waals surface area contributed by atoms with Crippen molar-refractivity contribution in [1.29, 1.82) is 0 Å². The van der Waals surface area contributed by atoms with Crippen molar-refractivity contribution in [2.45, 2.75) is 31.8 Å². The van der Waals surface area contributed by atoms with E-state index in [0.29, 0.717) is 0 Å². The fourth-order valence-corrected chi connectivity index (χ4v) is 2.40. The lowest BCUT2D eigenvalue weighted by atomic mass is 9.87. The minimum Gasteiger partial charge on any atom is -0.487 e. The number of nitrogens with one attached hydrogen (secondary N) is 1. The Morgan fingerprint density at radius 1 is 1.40 bits per heavy atom. The van der Waals surface area contributed by atoms with Gasteiger partial charge in [-0.05, 0) is 44.5 Å². The van der Waals surface area contributed by atoms with E-state index in [-0.39, 0.29) is 5.60 Å². The molecule has 2 aliphatic heterocycles. The van der Waals surface area contributed by atoms with Gasteiger partial charge >= 0.3 is 0 Å². The highest BCUT2D eigenvalue weighted by Gasteiger charge is 2.39. The van der Waals surface area contributed by atoms with Gasteiger partial charge in [-0.3, -0.25) is 0 Å². The summed E-state index contributed by atoms with van der Waals surface area (Å²) in [6.07, 6.45) is 9.24. The smallest absolute Gasteiger partial charge is 0.123 e. The van der Waals surface area contributed by atoms with Crippen molar-refractivity contribution < 1.29 is 4.74 Å². The number of hydrogen-bond acceptors (Lipinski definition) is 2. The Morgan fingerprint density at radius 2 is 2.13 bits per heavy atom. The lowest BCUT2D eigenvalue weighted by Crippen LogP contribution is -2.41. The second-order valence-corrected chi connectivity index (χ2v) is 4.31. The van der Waals surface area contributed by atoms with Crippen LogP contribution in [0.5, 0.6) is 0 Å². The van der Waals surface area contributed by atoms with Gasteiger partial charge in [0.25, 0.3) is 0 Å². The third-order valence-electron chi connectivity index (χ3n) is 3.23. The zero-order valence-corrected chi connectivity index (χ0v) is 9.38. The molecule has 2 rings (SSSR count). The average molecular weight is 205 g/mol. The van der Waals surface area contributed by atoms with Crippen molar-refractivity contribution in [2.75, 3.05) is 13.1 Å². The molecule has 2 heteroatoms. The van der Waals surface area contributed by atoms with Crippen molar-refractivity contribution in [3.8, 4) is 0 Å². The van der Waals surface area contributed by atoms with E-state index < -0.39 is 0 Å². The maximum atomic E-state index is 6.12. The molecule has 1 spiro atoms. The Balaban J connectivity index is 2.15. The summed E-state index contributed by atoms with van der Waals surface area (Å²) in [6, 6.07) is 0. The van der Waals surface area contributed by atoms with E-state index in [4.69, 9.17) is 4.74 Å². The number of hydrogen-bond donors (Lipinski definition) is 1. The van der Waals surface area contributed by atoms with E-state index in [2.05, 4.69) is 11.9 Å². The Morgan fingerprint density at radius 3 is 2.73 bits per heavy atom. The summed E-state index contributed by atoms with van der Waals surface area (Å²) in [5.74, 6) is 1.02. The highest BCUT2D eigenvalue weighted by atomic mass is 16.5.